The minimum absolute atomic E-state index is 0.000697. The smallest absolute Gasteiger partial charge is 0.158 e. The molecule has 0 spiro atoms. The fourth-order valence-corrected chi connectivity index (χ4v) is 5.95. The molecule has 2 N–H and O–H groups in total. The molecule has 0 radical (unpaired) electrons. The van der Waals surface area contributed by atoms with Crippen LogP contribution >= 0.6 is 15.9 Å². The number of phenolic OH excluding ortho intramolecular Hbond substituents is 1. The molecule has 8 heteroatoms. The number of phenols is 1. The van der Waals surface area contributed by atoms with Crippen LogP contribution in [0.15, 0.2) is 34.9 Å². The molecule has 2 aromatic carbocycles. The van der Waals surface area contributed by atoms with E-state index in [0.717, 1.165) is 25.9 Å². The number of pyridine rings is 2. The number of halogens is 3. The third-order valence-corrected chi connectivity index (χ3v) is 8.01. The average molecular weight is 535 g/mol. The fraction of sp³-hybridized carbons (Fsp3) is 0.259. The van der Waals surface area contributed by atoms with E-state index in [9.17, 15) is 9.50 Å². The summed E-state index contributed by atoms with van der Waals surface area (Å²) < 4.78 is 31.4. The molecule has 0 aliphatic carbocycles. The zero-order chi connectivity index (χ0) is 24.4. The summed E-state index contributed by atoms with van der Waals surface area (Å²) in [6, 6.07) is 6.37. The topological polar surface area (TPSA) is 61.3 Å². The van der Waals surface area contributed by atoms with Crippen LogP contribution in [-0.4, -0.2) is 40.2 Å². The van der Waals surface area contributed by atoms with Crippen molar-refractivity contribution in [1.82, 2.24) is 15.3 Å². The lowest BCUT2D eigenvalue weighted by atomic mass is 9.95. The summed E-state index contributed by atoms with van der Waals surface area (Å²) in [5.41, 5.74) is 0.874. The largest absolute Gasteiger partial charge is 0.508 e. The molecule has 4 aromatic rings. The fourth-order valence-electron chi connectivity index (χ4n) is 5.47. The van der Waals surface area contributed by atoms with Crippen molar-refractivity contribution in [2.24, 2.45) is 0 Å². The zero-order valence-corrected chi connectivity index (χ0v) is 20.5. The molecule has 6 rings (SSSR count). The van der Waals surface area contributed by atoms with Crippen molar-refractivity contribution in [2.45, 2.75) is 31.8 Å². The van der Waals surface area contributed by atoms with Crippen LogP contribution in [0.3, 0.4) is 0 Å². The maximum atomic E-state index is 16.3. The predicted octanol–water partition coefficient (Wildman–Crippen LogP) is 5.43. The Bertz CT molecular complexity index is 1570. The first kappa shape index (κ1) is 22.2. The van der Waals surface area contributed by atoms with Gasteiger partial charge in [0.25, 0.3) is 0 Å². The van der Waals surface area contributed by atoms with Gasteiger partial charge in [-0.2, -0.15) is 0 Å². The van der Waals surface area contributed by atoms with Gasteiger partial charge in [-0.3, -0.25) is 4.98 Å². The molecule has 176 valence electrons. The molecule has 2 fully saturated rings. The van der Waals surface area contributed by atoms with Crippen LogP contribution in [-0.2, 0) is 0 Å². The van der Waals surface area contributed by atoms with Crippen molar-refractivity contribution in [1.29, 1.82) is 0 Å². The number of aromatic hydroxyl groups is 1. The number of piperazine rings is 1. The van der Waals surface area contributed by atoms with Gasteiger partial charge in [0.05, 0.1) is 11.3 Å². The molecule has 2 aliphatic heterocycles. The Morgan fingerprint density at radius 3 is 2.63 bits per heavy atom. The number of rotatable bonds is 2. The molecule has 0 amide bonds. The number of hydrogen-bond acceptors (Lipinski definition) is 5. The van der Waals surface area contributed by atoms with Crippen molar-refractivity contribution in [3.05, 3.63) is 57.8 Å². The van der Waals surface area contributed by atoms with E-state index in [0.29, 0.717) is 49.6 Å². The molecule has 2 bridgehead atoms. The number of hydrogen-bond donors (Lipinski definition) is 2. The lowest BCUT2D eigenvalue weighted by Crippen LogP contribution is -2.51. The van der Waals surface area contributed by atoms with E-state index < -0.39 is 11.6 Å². The number of aryl methyl sites for hydroxylation is 1. The standard InChI is InChI=1S/C27H21BrF2N4O/c1-3-18-21(29)7-4-14-8-17(35)9-19(22(14)18)26-25(30)23-20(10-31-26)27(32-13(2)24(23)28)34-11-15-5-6-16(12-34)33-15/h1,4,7-10,15-16,33,35H,5-6,11-12H2,2H3. The second kappa shape index (κ2) is 8.14. The molecule has 2 aromatic heterocycles. The summed E-state index contributed by atoms with van der Waals surface area (Å²) in [5.74, 6) is 1.80. The number of anilines is 1. The van der Waals surface area contributed by atoms with E-state index in [1.54, 1.807) is 6.20 Å². The van der Waals surface area contributed by atoms with Crippen LogP contribution in [0, 0.1) is 30.9 Å². The van der Waals surface area contributed by atoms with Crippen LogP contribution in [0.4, 0.5) is 14.6 Å². The van der Waals surface area contributed by atoms with Gasteiger partial charge in [0.2, 0.25) is 0 Å². The first-order valence-corrected chi connectivity index (χ1v) is 12.2. The number of fused-ring (bicyclic) bond motifs is 4. The quantitative estimate of drug-likeness (QED) is 0.336. The molecule has 2 atom stereocenters. The van der Waals surface area contributed by atoms with Gasteiger partial charge in [0, 0.05) is 57.6 Å². The Hall–Kier alpha value is -3.28. The summed E-state index contributed by atoms with van der Waals surface area (Å²) in [7, 11) is 0. The third kappa shape index (κ3) is 3.45. The highest BCUT2D eigenvalue weighted by molar-refractivity contribution is 9.10. The van der Waals surface area contributed by atoms with Gasteiger partial charge in [-0.25, -0.2) is 13.8 Å². The van der Waals surface area contributed by atoms with Gasteiger partial charge in [-0.05, 0) is 59.3 Å². The highest BCUT2D eigenvalue weighted by Gasteiger charge is 2.34. The average Bonchev–Trinajstić information content (AvgIpc) is 3.18. The van der Waals surface area contributed by atoms with Crippen LogP contribution < -0.4 is 10.2 Å². The van der Waals surface area contributed by atoms with Gasteiger partial charge in [-0.1, -0.05) is 12.0 Å². The molecule has 2 unspecified atom stereocenters. The van der Waals surface area contributed by atoms with E-state index in [2.05, 4.69) is 37.1 Å². The van der Waals surface area contributed by atoms with Crippen molar-refractivity contribution >= 4 is 43.3 Å². The molecule has 4 heterocycles. The molecule has 2 aliphatic rings. The van der Waals surface area contributed by atoms with E-state index in [4.69, 9.17) is 11.4 Å². The molecule has 0 saturated carbocycles. The van der Waals surface area contributed by atoms with Crippen LogP contribution in [0.1, 0.15) is 24.1 Å². The normalized spacial score (nSPS) is 19.5. The summed E-state index contributed by atoms with van der Waals surface area (Å²) in [6.45, 7) is 3.43. The van der Waals surface area contributed by atoms with Crippen LogP contribution in [0.25, 0.3) is 32.8 Å². The highest BCUT2D eigenvalue weighted by atomic mass is 79.9. The van der Waals surface area contributed by atoms with Gasteiger partial charge >= 0.3 is 0 Å². The minimum atomic E-state index is -0.593. The van der Waals surface area contributed by atoms with Crippen LogP contribution in [0.5, 0.6) is 5.75 Å². The molecule has 2 saturated heterocycles. The van der Waals surface area contributed by atoms with E-state index >= 15 is 4.39 Å². The molecular weight excluding hydrogens is 514 g/mol. The third-order valence-electron chi connectivity index (χ3n) is 7.04. The van der Waals surface area contributed by atoms with Gasteiger partial charge < -0.3 is 15.3 Å². The molecular formula is C27H21BrF2N4O. The second-order valence-electron chi connectivity index (χ2n) is 9.25. The highest BCUT2D eigenvalue weighted by Crippen LogP contribution is 2.41. The van der Waals surface area contributed by atoms with Crippen LogP contribution in [0.2, 0.25) is 0 Å². The summed E-state index contributed by atoms with van der Waals surface area (Å²) in [5, 5.41) is 15.7. The molecule has 35 heavy (non-hydrogen) atoms. The minimum Gasteiger partial charge on any atom is -0.508 e. The number of nitrogens with zero attached hydrogens (tertiary/aromatic N) is 3. The van der Waals surface area contributed by atoms with Crippen molar-refractivity contribution < 1.29 is 13.9 Å². The van der Waals surface area contributed by atoms with E-state index in [-0.39, 0.29) is 22.6 Å². The van der Waals surface area contributed by atoms with Gasteiger partial charge in [0.15, 0.2) is 5.82 Å². The Labute approximate surface area is 209 Å². The number of aromatic nitrogens is 2. The van der Waals surface area contributed by atoms with Crippen molar-refractivity contribution in [3.63, 3.8) is 0 Å². The first-order chi connectivity index (χ1) is 16.9. The zero-order valence-electron chi connectivity index (χ0n) is 18.9. The Morgan fingerprint density at radius 1 is 1.17 bits per heavy atom. The molecule has 5 nitrogen and oxygen atoms in total. The second-order valence-corrected chi connectivity index (χ2v) is 10.0. The Morgan fingerprint density at radius 2 is 1.91 bits per heavy atom. The maximum absolute atomic E-state index is 16.3. The Kier molecular flexibility index (Phi) is 5.17. The van der Waals surface area contributed by atoms with Gasteiger partial charge in [-0.15, -0.1) is 6.42 Å². The van der Waals surface area contributed by atoms with Gasteiger partial charge in [0.1, 0.15) is 23.1 Å². The number of benzene rings is 2. The van der Waals surface area contributed by atoms with E-state index in [1.165, 1.54) is 24.3 Å². The lowest BCUT2D eigenvalue weighted by molar-refractivity contribution is 0.464. The monoisotopic (exact) mass is 534 g/mol. The SMILES string of the molecule is C#Cc1c(F)ccc2cc(O)cc(-c3ncc4c(N5CC6CCC(C5)N6)nc(C)c(Br)c4c3F)c12. The van der Waals surface area contributed by atoms with Crippen molar-refractivity contribution in [3.8, 4) is 29.4 Å². The summed E-state index contributed by atoms with van der Waals surface area (Å²) in [4.78, 5) is 11.5. The predicted molar refractivity (Wildman–Crippen MR) is 137 cm³/mol. The van der Waals surface area contributed by atoms with E-state index in [1.807, 2.05) is 6.92 Å². The summed E-state index contributed by atoms with van der Waals surface area (Å²) >= 11 is 3.53. The lowest BCUT2D eigenvalue weighted by Gasteiger charge is -2.34. The number of terminal acetylenes is 1. The maximum Gasteiger partial charge on any atom is 0.158 e. The first-order valence-electron chi connectivity index (χ1n) is 11.4. The Balaban J connectivity index is 1.62. The summed E-state index contributed by atoms with van der Waals surface area (Å²) in [6.07, 6.45) is 9.45. The number of nitrogens with one attached hydrogen (secondary N) is 1. The van der Waals surface area contributed by atoms with Crippen molar-refractivity contribution in [2.75, 3.05) is 18.0 Å².